The molecule has 0 spiro atoms. The van der Waals surface area contributed by atoms with Gasteiger partial charge in [-0.25, -0.2) is 0 Å². The highest BCUT2D eigenvalue weighted by atomic mass is 79.9. The second-order valence-corrected chi connectivity index (χ2v) is 8.21. The second kappa shape index (κ2) is 7.34. The highest BCUT2D eigenvalue weighted by Crippen LogP contribution is 2.29. The van der Waals surface area contributed by atoms with Crippen molar-refractivity contribution in [1.82, 2.24) is 0 Å². The predicted molar refractivity (Wildman–Crippen MR) is 94.8 cm³/mol. The molecule has 0 aromatic heterocycles. The third kappa shape index (κ3) is 4.95. The normalized spacial score (nSPS) is 11.9. The number of carbonyl (C=O) groups is 1. The van der Waals surface area contributed by atoms with Gasteiger partial charge in [-0.15, -0.1) is 0 Å². The molecule has 2 N–H and O–H groups in total. The van der Waals surface area contributed by atoms with Gasteiger partial charge in [-0.1, -0.05) is 31.9 Å². The maximum absolute atomic E-state index is 12.6. The minimum Gasteiger partial charge on any atom is -0.322 e. The van der Waals surface area contributed by atoms with Crippen LogP contribution in [-0.4, -0.2) is 19.8 Å². The molecule has 11 heteroatoms. The van der Waals surface area contributed by atoms with Gasteiger partial charge in [0.05, 0.1) is 11.3 Å². The van der Waals surface area contributed by atoms with Crippen molar-refractivity contribution in [2.75, 3.05) is 10.0 Å². The SMILES string of the molecule is O=C(Nc1ccc(Br)cc1)c1cc(Br)ccc1NS(=O)(=O)C(F)(F)F. The maximum atomic E-state index is 12.6. The van der Waals surface area contributed by atoms with Crippen molar-refractivity contribution in [2.45, 2.75) is 5.51 Å². The number of carbonyl (C=O) groups excluding carboxylic acids is 1. The topological polar surface area (TPSA) is 75.3 Å². The first-order valence-corrected chi connectivity index (χ1v) is 9.52. The monoisotopic (exact) mass is 500 g/mol. The summed E-state index contributed by atoms with van der Waals surface area (Å²) in [5.74, 6) is -0.775. The number of benzene rings is 2. The summed E-state index contributed by atoms with van der Waals surface area (Å²) in [5, 5.41) is 2.48. The smallest absolute Gasteiger partial charge is 0.322 e. The summed E-state index contributed by atoms with van der Waals surface area (Å²) >= 11 is 6.32. The molecule has 2 aromatic carbocycles. The first-order valence-electron chi connectivity index (χ1n) is 6.45. The number of rotatable bonds is 4. The van der Waals surface area contributed by atoms with Crippen LogP contribution in [0.4, 0.5) is 24.5 Å². The zero-order chi connectivity index (χ0) is 18.8. The van der Waals surface area contributed by atoms with Crippen LogP contribution >= 0.6 is 31.9 Å². The summed E-state index contributed by atoms with van der Waals surface area (Å²) in [6.07, 6.45) is 0. The van der Waals surface area contributed by atoms with Crippen LogP contribution in [0.15, 0.2) is 51.4 Å². The molecule has 0 bridgehead atoms. The molecule has 2 rings (SSSR count). The average molecular weight is 502 g/mol. The lowest BCUT2D eigenvalue weighted by Crippen LogP contribution is -2.30. The molecule has 0 atom stereocenters. The Morgan fingerprint density at radius 3 is 2.08 bits per heavy atom. The van der Waals surface area contributed by atoms with E-state index in [0.29, 0.717) is 10.2 Å². The Morgan fingerprint density at radius 2 is 1.52 bits per heavy atom. The number of amides is 1. The van der Waals surface area contributed by atoms with E-state index in [9.17, 15) is 26.4 Å². The Bertz CT molecular complexity index is 901. The lowest BCUT2D eigenvalue weighted by atomic mass is 10.1. The van der Waals surface area contributed by atoms with Crippen molar-refractivity contribution in [3.63, 3.8) is 0 Å². The van der Waals surface area contributed by atoms with Crippen LogP contribution in [0.5, 0.6) is 0 Å². The van der Waals surface area contributed by atoms with Gasteiger partial charge in [0, 0.05) is 14.6 Å². The van der Waals surface area contributed by atoms with Gasteiger partial charge in [0.1, 0.15) is 0 Å². The van der Waals surface area contributed by atoms with Crippen LogP contribution < -0.4 is 10.0 Å². The van der Waals surface area contributed by atoms with E-state index in [1.54, 1.807) is 24.3 Å². The van der Waals surface area contributed by atoms with E-state index in [1.807, 2.05) is 0 Å². The first kappa shape index (κ1) is 19.7. The molecule has 0 aliphatic rings. The molecular formula is C14H9Br2F3N2O3S. The van der Waals surface area contributed by atoms with E-state index in [0.717, 1.165) is 10.5 Å². The molecule has 0 radical (unpaired) electrons. The molecule has 0 aliphatic heterocycles. The fourth-order valence-electron chi connectivity index (χ4n) is 1.73. The van der Waals surface area contributed by atoms with E-state index in [-0.39, 0.29) is 5.56 Å². The molecule has 134 valence electrons. The molecular weight excluding hydrogens is 493 g/mol. The molecule has 1 amide bonds. The quantitative estimate of drug-likeness (QED) is 0.636. The maximum Gasteiger partial charge on any atom is 0.516 e. The summed E-state index contributed by atoms with van der Waals surface area (Å²) < 4.78 is 62.8. The van der Waals surface area contributed by atoms with Gasteiger partial charge in [-0.05, 0) is 42.5 Å². The van der Waals surface area contributed by atoms with E-state index in [2.05, 4.69) is 37.2 Å². The fourth-order valence-corrected chi connectivity index (χ4v) is 2.94. The van der Waals surface area contributed by atoms with Gasteiger partial charge in [-0.2, -0.15) is 21.6 Å². The highest BCUT2D eigenvalue weighted by molar-refractivity contribution is 9.10. The third-order valence-corrected chi connectivity index (χ3v) is 5.00. The number of hydrogen-bond acceptors (Lipinski definition) is 3. The van der Waals surface area contributed by atoms with Crippen LogP contribution in [0.3, 0.4) is 0 Å². The van der Waals surface area contributed by atoms with Crippen molar-refractivity contribution < 1.29 is 26.4 Å². The summed E-state index contributed by atoms with van der Waals surface area (Å²) in [5.41, 5.74) is -5.88. The highest BCUT2D eigenvalue weighted by Gasteiger charge is 2.46. The Labute approximate surface area is 157 Å². The lowest BCUT2D eigenvalue weighted by Gasteiger charge is -2.14. The number of hydrogen-bond donors (Lipinski definition) is 2. The Morgan fingerprint density at radius 1 is 0.960 bits per heavy atom. The summed E-state index contributed by atoms with van der Waals surface area (Å²) in [6.45, 7) is 0. The van der Waals surface area contributed by atoms with E-state index >= 15 is 0 Å². The Kier molecular flexibility index (Phi) is 5.79. The number of alkyl halides is 3. The minimum atomic E-state index is -5.65. The van der Waals surface area contributed by atoms with Gasteiger partial charge in [0.25, 0.3) is 5.91 Å². The van der Waals surface area contributed by atoms with Crippen molar-refractivity contribution in [1.29, 1.82) is 0 Å². The van der Waals surface area contributed by atoms with Crippen molar-refractivity contribution >= 4 is 59.2 Å². The fraction of sp³-hybridized carbons (Fsp3) is 0.0714. The molecule has 0 saturated heterocycles. The van der Waals surface area contributed by atoms with Crippen LogP contribution in [0.1, 0.15) is 10.4 Å². The van der Waals surface area contributed by atoms with Crippen LogP contribution in [-0.2, 0) is 10.0 Å². The largest absolute Gasteiger partial charge is 0.516 e. The first-order chi connectivity index (χ1) is 11.5. The van der Waals surface area contributed by atoms with E-state index in [1.165, 1.54) is 16.9 Å². The molecule has 0 aliphatic carbocycles. The summed E-state index contributed by atoms with van der Waals surface area (Å²) in [6, 6.07) is 10.0. The zero-order valence-electron chi connectivity index (χ0n) is 12.1. The molecule has 0 heterocycles. The van der Waals surface area contributed by atoms with Crippen LogP contribution in [0.2, 0.25) is 0 Å². The third-order valence-electron chi connectivity index (χ3n) is 2.88. The van der Waals surface area contributed by atoms with E-state index in [4.69, 9.17) is 0 Å². The van der Waals surface area contributed by atoms with Crippen LogP contribution in [0, 0.1) is 0 Å². The lowest BCUT2D eigenvalue weighted by molar-refractivity contribution is -0.0429. The van der Waals surface area contributed by atoms with Crippen molar-refractivity contribution in [3.8, 4) is 0 Å². The molecule has 5 nitrogen and oxygen atoms in total. The average Bonchev–Trinajstić information content (AvgIpc) is 2.50. The van der Waals surface area contributed by atoms with Gasteiger partial charge in [0.2, 0.25) is 0 Å². The molecule has 0 saturated carbocycles. The zero-order valence-corrected chi connectivity index (χ0v) is 16.1. The molecule has 25 heavy (non-hydrogen) atoms. The predicted octanol–water partition coefficient (Wildman–Crippen LogP) is 4.73. The Balaban J connectivity index is 2.35. The second-order valence-electron chi connectivity index (χ2n) is 4.70. The van der Waals surface area contributed by atoms with Crippen molar-refractivity contribution in [3.05, 3.63) is 57.0 Å². The van der Waals surface area contributed by atoms with E-state index < -0.39 is 27.1 Å². The summed E-state index contributed by atoms with van der Waals surface area (Å²) in [4.78, 5) is 12.3. The number of sulfonamides is 1. The molecule has 0 fully saturated rings. The Hall–Kier alpha value is -1.59. The van der Waals surface area contributed by atoms with Gasteiger partial charge in [-0.3, -0.25) is 9.52 Å². The van der Waals surface area contributed by atoms with Gasteiger partial charge >= 0.3 is 15.5 Å². The molecule has 2 aromatic rings. The number of nitrogens with one attached hydrogen (secondary N) is 2. The number of halogens is 5. The van der Waals surface area contributed by atoms with Crippen molar-refractivity contribution in [2.24, 2.45) is 0 Å². The summed E-state index contributed by atoms with van der Waals surface area (Å²) in [7, 11) is -5.65. The number of anilines is 2. The standard InChI is InChI=1S/C14H9Br2F3N2O3S/c15-8-1-4-10(5-2-8)20-13(22)11-7-9(16)3-6-12(11)21-25(23,24)14(17,18)19/h1-7,21H,(H,20,22). The van der Waals surface area contributed by atoms with Gasteiger partial charge in [0.15, 0.2) is 0 Å². The van der Waals surface area contributed by atoms with Crippen LogP contribution in [0.25, 0.3) is 0 Å². The van der Waals surface area contributed by atoms with Gasteiger partial charge < -0.3 is 5.32 Å². The minimum absolute atomic E-state index is 0.273. The molecule has 0 unspecified atom stereocenters.